The summed E-state index contributed by atoms with van der Waals surface area (Å²) in [5.74, 6) is -1.18. The van der Waals surface area contributed by atoms with Crippen molar-refractivity contribution in [2.45, 2.75) is 25.3 Å². The highest BCUT2D eigenvalue weighted by atomic mass is 32.2. The van der Waals surface area contributed by atoms with Gasteiger partial charge in [-0.25, -0.2) is 4.79 Å². The third-order valence-electron chi connectivity index (χ3n) is 3.70. The van der Waals surface area contributed by atoms with Crippen LogP contribution in [-0.4, -0.2) is 53.7 Å². The maximum absolute atomic E-state index is 12.5. The van der Waals surface area contributed by atoms with Crippen LogP contribution in [0.5, 0.6) is 0 Å². The lowest BCUT2D eigenvalue weighted by atomic mass is 10.2. The first-order valence-electron chi connectivity index (χ1n) is 8.38. The molecule has 1 unspecified atom stereocenters. The Morgan fingerprint density at radius 2 is 1.90 bits per heavy atom. The predicted molar refractivity (Wildman–Crippen MR) is 96.1 cm³/mol. The van der Waals surface area contributed by atoms with Gasteiger partial charge in [0.1, 0.15) is 25.6 Å². The second-order valence-corrected chi connectivity index (χ2v) is 7.55. The molecule has 2 aromatic rings. The minimum Gasteiger partial charge on any atom is -0.459 e. The lowest BCUT2D eigenvalue weighted by molar-refractivity contribution is -0.389. The zero-order valence-electron chi connectivity index (χ0n) is 15.8. The molecule has 0 aliphatic rings. The first-order valence-corrected chi connectivity index (χ1v) is 9.79. The number of nitrogens with zero attached hydrogens (tertiary/aromatic N) is 3. The maximum atomic E-state index is 12.5. The van der Waals surface area contributed by atoms with Crippen molar-refractivity contribution < 1.29 is 45.0 Å². The second-order valence-electron chi connectivity index (χ2n) is 5.94. The molecular weight excluding hydrogens is 451 g/mol. The number of nitro groups is 1. The van der Waals surface area contributed by atoms with Crippen LogP contribution in [0.3, 0.4) is 0 Å². The van der Waals surface area contributed by atoms with Gasteiger partial charge in [-0.15, -0.1) is 0 Å². The summed E-state index contributed by atoms with van der Waals surface area (Å²) in [4.78, 5) is 25.7. The molecule has 0 amide bonds. The Morgan fingerprint density at radius 3 is 2.45 bits per heavy atom. The molecule has 0 fully saturated rings. The molecule has 0 radical (unpaired) electrons. The number of carbonyl (C=O) groups is 1. The van der Waals surface area contributed by atoms with Crippen LogP contribution in [0, 0.1) is 17.0 Å². The number of carbonyl (C=O) groups excluding carboxylic acids is 1. The van der Waals surface area contributed by atoms with Crippen molar-refractivity contribution >= 4 is 21.9 Å². The molecular formula is C16H16F3N3O8S. The number of halogens is 3. The van der Waals surface area contributed by atoms with Gasteiger partial charge in [0.25, 0.3) is 0 Å². The highest BCUT2D eigenvalue weighted by Crippen LogP contribution is 2.25. The molecule has 2 rings (SSSR count). The van der Waals surface area contributed by atoms with Crippen LogP contribution in [0.4, 0.5) is 19.0 Å². The van der Waals surface area contributed by atoms with E-state index in [2.05, 4.69) is 9.17 Å². The Labute approximate surface area is 173 Å². The van der Waals surface area contributed by atoms with Gasteiger partial charge in [0.2, 0.25) is 5.82 Å². The van der Waals surface area contributed by atoms with Crippen molar-refractivity contribution in [1.82, 2.24) is 9.55 Å². The number of hydrogen-bond donors (Lipinski definition) is 0. The number of alkyl halides is 3. The summed E-state index contributed by atoms with van der Waals surface area (Å²) in [6.45, 7) is -0.836. The number of benzene rings is 1. The van der Waals surface area contributed by atoms with Gasteiger partial charge in [0.15, 0.2) is 0 Å². The molecule has 0 bridgehead atoms. The third-order valence-corrected chi connectivity index (χ3v) is 4.72. The van der Waals surface area contributed by atoms with E-state index in [0.29, 0.717) is 0 Å². The Morgan fingerprint density at radius 1 is 1.26 bits per heavy atom. The first kappa shape index (κ1) is 24.2. The average Bonchev–Trinajstić information content (AvgIpc) is 3.08. The van der Waals surface area contributed by atoms with Gasteiger partial charge in [-0.1, -0.05) is 18.2 Å². The zero-order valence-corrected chi connectivity index (χ0v) is 16.6. The second kappa shape index (κ2) is 9.84. The minimum atomic E-state index is -5.91. The van der Waals surface area contributed by atoms with Crippen molar-refractivity contribution in [3.8, 4) is 0 Å². The van der Waals surface area contributed by atoms with Crippen molar-refractivity contribution in [2.24, 2.45) is 0 Å². The van der Waals surface area contributed by atoms with Crippen LogP contribution in [0.2, 0.25) is 0 Å². The molecule has 0 aliphatic carbocycles. The Balaban J connectivity index is 2.07. The highest BCUT2D eigenvalue weighted by molar-refractivity contribution is 7.87. The molecule has 1 aromatic carbocycles. The highest BCUT2D eigenvalue weighted by Gasteiger charge is 2.47. The topological polar surface area (TPSA) is 140 Å². The molecule has 0 aliphatic heterocycles. The van der Waals surface area contributed by atoms with Crippen molar-refractivity contribution in [3.05, 3.63) is 58.0 Å². The van der Waals surface area contributed by atoms with Crippen LogP contribution in [0.1, 0.15) is 16.2 Å². The Bertz CT molecular complexity index is 1020. The normalized spacial score (nSPS) is 13.0. The van der Waals surface area contributed by atoms with E-state index in [-0.39, 0.29) is 11.4 Å². The molecule has 0 spiro atoms. The van der Waals surface area contributed by atoms with Crippen LogP contribution >= 0.6 is 0 Å². The van der Waals surface area contributed by atoms with Gasteiger partial charge < -0.3 is 19.6 Å². The molecule has 170 valence electrons. The number of aryl methyl sites for hydroxylation is 1. The quantitative estimate of drug-likeness (QED) is 0.169. The summed E-state index contributed by atoms with van der Waals surface area (Å²) in [5.41, 5.74) is -5.51. The fraction of sp³-hybridized carbons (Fsp3) is 0.375. The summed E-state index contributed by atoms with van der Waals surface area (Å²) in [6.07, 6.45) is -0.443. The summed E-state index contributed by atoms with van der Waals surface area (Å²) in [5, 5.41) is 10.8. The van der Waals surface area contributed by atoms with E-state index in [1.807, 2.05) is 0 Å². The van der Waals surface area contributed by atoms with E-state index in [1.165, 1.54) is 19.1 Å². The Kier molecular flexibility index (Phi) is 7.70. The van der Waals surface area contributed by atoms with Gasteiger partial charge in [0, 0.05) is 6.92 Å². The lowest BCUT2D eigenvalue weighted by Crippen LogP contribution is -2.33. The van der Waals surface area contributed by atoms with Gasteiger partial charge >= 0.3 is 27.4 Å². The smallest absolute Gasteiger partial charge is 0.459 e. The first-order chi connectivity index (χ1) is 14.4. The third kappa shape index (κ3) is 6.73. The summed E-state index contributed by atoms with van der Waals surface area (Å²) in [6, 6.07) is 7.61. The van der Waals surface area contributed by atoms with Crippen molar-refractivity contribution in [1.29, 1.82) is 0 Å². The van der Waals surface area contributed by atoms with E-state index >= 15 is 0 Å². The monoisotopic (exact) mass is 467 g/mol. The average molecular weight is 467 g/mol. The fourth-order valence-electron chi connectivity index (χ4n) is 2.10. The molecule has 15 heteroatoms. The molecule has 0 N–H and O–H groups in total. The maximum Gasteiger partial charge on any atom is 0.523 e. The van der Waals surface area contributed by atoms with Gasteiger partial charge in [-0.2, -0.15) is 21.6 Å². The lowest BCUT2D eigenvalue weighted by Gasteiger charge is -2.18. The van der Waals surface area contributed by atoms with Crippen molar-refractivity contribution in [2.75, 3.05) is 13.2 Å². The predicted octanol–water partition coefficient (Wildman–Crippen LogP) is 2.17. The molecule has 31 heavy (non-hydrogen) atoms. The van der Waals surface area contributed by atoms with Gasteiger partial charge in [-0.05, 0) is 22.0 Å². The standard InChI is InChI=1S/C16H16F3N3O8S/c1-11-20-14(22(24)25)7-21(11)10-29-13(9-30-31(26,27)16(17,18)19)8-28-15(23)12-5-3-2-4-6-12/h2-7,13H,8-10H2,1H3. The molecule has 0 saturated carbocycles. The van der Waals surface area contributed by atoms with E-state index < -0.39 is 58.4 Å². The number of ether oxygens (including phenoxy) is 2. The van der Waals surface area contributed by atoms with Crippen LogP contribution in [-0.2, 0) is 30.5 Å². The van der Waals surface area contributed by atoms with Gasteiger partial charge in [0.05, 0.1) is 12.2 Å². The number of esters is 1. The number of aromatic nitrogens is 2. The van der Waals surface area contributed by atoms with Gasteiger partial charge in [-0.3, -0.25) is 8.75 Å². The number of rotatable bonds is 10. The molecule has 1 heterocycles. The van der Waals surface area contributed by atoms with E-state index in [1.54, 1.807) is 18.2 Å². The molecule has 1 atom stereocenters. The van der Waals surface area contributed by atoms with Crippen LogP contribution in [0.25, 0.3) is 0 Å². The van der Waals surface area contributed by atoms with Crippen LogP contribution < -0.4 is 0 Å². The summed E-state index contributed by atoms with van der Waals surface area (Å²) >= 11 is 0. The van der Waals surface area contributed by atoms with E-state index in [9.17, 15) is 36.5 Å². The fourth-order valence-corrected chi connectivity index (χ4v) is 2.56. The SMILES string of the molecule is Cc1nc([N+](=O)[O-])cn1COC(COC(=O)c1ccccc1)COS(=O)(=O)C(F)(F)F. The van der Waals surface area contributed by atoms with E-state index in [4.69, 9.17) is 9.47 Å². The summed E-state index contributed by atoms with van der Waals surface area (Å²) < 4.78 is 75.0. The minimum absolute atomic E-state index is 0.145. The zero-order chi connectivity index (χ0) is 23.2. The number of hydrogen-bond acceptors (Lipinski definition) is 9. The molecule has 1 aromatic heterocycles. The molecule has 11 nitrogen and oxygen atoms in total. The number of imidazole rings is 1. The van der Waals surface area contributed by atoms with Crippen molar-refractivity contribution in [3.63, 3.8) is 0 Å². The Hall–Kier alpha value is -3.04. The summed E-state index contributed by atoms with van der Waals surface area (Å²) in [7, 11) is -5.91. The van der Waals surface area contributed by atoms with Crippen LogP contribution in [0.15, 0.2) is 36.5 Å². The largest absolute Gasteiger partial charge is 0.523 e. The molecule has 0 saturated heterocycles. The van der Waals surface area contributed by atoms with E-state index in [0.717, 1.165) is 10.8 Å².